The summed E-state index contributed by atoms with van der Waals surface area (Å²) in [5.74, 6) is -2.15. The van der Waals surface area contributed by atoms with Gasteiger partial charge in [0.1, 0.15) is 0 Å². The molecule has 25 heavy (non-hydrogen) atoms. The predicted octanol–water partition coefficient (Wildman–Crippen LogP) is 1.81. The normalized spacial score (nSPS) is 49.2. The minimum Gasteiger partial charge on any atom is -0.432 e. The van der Waals surface area contributed by atoms with Gasteiger partial charge in [0, 0.05) is 24.0 Å². The van der Waals surface area contributed by atoms with Crippen molar-refractivity contribution in [1.82, 2.24) is 0 Å². The standard InChI is InChI=1S/C17H26O7S/c1-4-25(19,20)9-11-13-6-5-10(2)12-7-8-16(3)22-15(21-14(11)18)17(12,13)24-23-16/h10-13,15H,4-9H2,1-3H3/t10-,11-,12+,13+,15-,16+,17-/m1/s1. The molecule has 1 saturated carbocycles. The molecule has 8 heteroatoms. The van der Waals surface area contributed by atoms with Crippen molar-refractivity contribution < 1.29 is 32.5 Å². The second-order valence-electron chi connectivity index (χ2n) is 8.15. The van der Waals surface area contributed by atoms with E-state index in [1.165, 1.54) is 0 Å². The minimum absolute atomic E-state index is 0.00564. The van der Waals surface area contributed by atoms with Crippen molar-refractivity contribution in [2.75, 3.05) is 11.5 Å². The van der Waals surface area contributed by atoms with Crippen LogP contribution in [0.3, 0.4) is 0 Å². The van der Waals surface area contributed by atoms with Gasteiger partial charge >= 0.3 is 5.97 Å². The molecule has 4 saturated heterocycles. The maximum atomic E-state index is 12.7. The van der Waals surface area contributed by atoms with Crippen LogP contribution < -0.4 is 0 Å². The molecule has 5 rings (SSSR count). The van der Waals surface area contributed by atoms with Crippen molar-refractivity contribution in [2.45, 2.75) is 64.1 Å². The predicted molar refractivity (Wildman–Crippen MR) is 86.7 cm³/mol. The Hall–Kier alpha value is -0.700. The first kappa shape index (κ1) is 17.7. The maximum Gasteiger partial charge on any atom is 0.312 e. The summed E-state index contributed by atoms with van der Waals surface area (Å²) >= 11 is 0. The molecule has 0 aromatic carbocycles. The van der Waals surface area contributed by atoms with E-state index in [1.807, 2.05) is 0 Å². The van der Waals surface area contributed by atoms with E-state index in [2.05, 4.69) is 6.92 Å². The van der Waals surface area contributed by atoms with Crippen molar-refractivity contribution in [3.8, 4) is 0 Å². The number of hydrogen-bond donors (Lipinski definition) is 0. The number of esters is 1. The molecule has 5 aliphatic rings. The van der Waals surface area contributed by atoms with Gasteiger partial charge in [0.15, 0.2) is 15.4 Å². The van der Waals surface area contributed by atoms with Crippen molar-refractivity contribution in [2.24, 2.45) is 23.7 Å². The Balaban J connectivity index is 1.77. The molecule has 7 atom stereocenters. The highest BCUT2D eigenvalue weighted by Crippen LogP contribution is 2.59. The fourth-order valence-corrected chi connectivity index (χ4v) is 6.34. The fraction of sp³-hybridized carbons (Fsp3) is 0.941. The number of carbonyl (C=O) groups is 1. The quantitative estimate of drug-likeness (QED) is 0.550. The molecule has 5 fully saturated rings. The van der Waals surface area contributed by atoms with E-state index in [4.69, 9.17) is 19.2 Å². The van der Waals surface area contributed by atoms with E-state index in [0.717, 1.165) is 12.8 Å². The second-order valence-corrected chi connectivity index (χ2v) is 10.6. The highest BCUT2D eigenvalue weighted by atomic mass is 32.2. The highest BCUT2D eigenvalue weighted by Gasteiger charge is 2.70. The average Bonchev–Trinajstić information content (AvgIpc) is 2.78. The number of rotatable bonds is 3. The summed E-state index contributed by atoms with van der Waals surface area (Å²) in [6.45, 7) is 5.56. The fourth-order valence-electron chi connectivity index (χ4n) is 5.19. The number of fused-ring (bicyclic) bond motifs is 2. The zero-order valence-electron chi connectivity index (χ0n) is 14.9. The molecule has 0 N–H and O–H groups in total. The number of sulfone groups is 1. The van der Waals surface area contributed by atoms with Crippen molar-refractivity contribution in [3.05, 3.63) is 0 Å². The summed E-state index contributed by atoms with van der Waals surface area (Å²) in [7, 11) is -3.32. The van der Waals surface area contributed by atoms with Crippen LogP contribution in [-0.2, 0) is 33.9 Å². The van der Waals surface area contributed by atoms with Crippen LogP contribution in [-0.4, -0.2) is 43.6 Å². The van der Waals surface area contributed by atoms with Crippen LogP contribution in [0.25, 0.3) is 0 Å². The van der Waals surface area contributed by atoms with E-state index in [1.54, 1.807) is 13.8 Å². The molecule has 0 unspecified atom stereocenters. The van der Waals surface area contributed by atoms with Crippen LogP contribution in [0.5, 0.6) is 0 Å². The van der Waals surface area contributed by atoms with Crippen LogP contribution in [0, 0.1) is 23.7 Å². The topological polar surface area (TPSA) is 88.1 Å². The summed E-state index contributed by atoms with van der Waals surface area (Å²) in [6.07, 6.45) is 2.30. The molecule has 4 heterocycles. The minimum atomic E-state index is -3.32. The molecule has 0 amide bonds. The highest BCUT2D eigenvalue weighted by molar-refractivity contribution is 7.91. The van der Waals surface area contributed by atoms with Gasteiger partial charge in [-0.1, -0.05) is 13.8 Å². The molecule has 142 valence electrons. The summed E-state index contributed by atoms with van der Waals surface area (Å²) in [6, 6.07) is 0. The van der Waals surface area contributed by atoms with Gasteiger partial charge in [-0.15, -0.1) is 0 Å². The third kappa shape index (κ3) is 2.56. The van der Waals surface area contributed by atoms with E-state index >= 15 is 0 Å². The number of ether oxygens (including phenoxy) is 2. The van der Waals surface area contributed by atoms with Crippen molar-refractivity contribution >= 4 is 15.8 Å². The Morgan fingerprint density at radius 3 is 2.64 bits per heavy atom. The molecular weight excluding hydrogens is 348 g/mol. The molecule has 1 spiro atoms. The lowest BCUT2D eigenvalue weighted by atomic mass is 9.58. The van der Waals surface area contributed by atoms with Gasteiger partial charge in [-0.2, -0.15) is 0 Å². The van der Waals surface area contributed by atoms with E-state index in [9.17, 15) is 13.2 Å². The third-order valence-corrected chi connectivity index (χ3v) is 8.41. The number of hydrogen-bond acceptors (Lipinski definition) is 7. The molecule has 1 aliphatic carbocycles. The van der Waals surface area contributed by atoms with Crippen LogP contribution >= 0.6 is 0 Å². The summed E-state index contributed by atoms with van der Waals surface area (Å²) < 4.78 is 36.0. The first-order valence-electron chi connectivity index (χ1n) is 9.16. The molecule has 0 aromatic heterocycles. The SMILES string of the molecule is CCS(=O)(=O)C[C@H]1C(=O)O[C@@H]2O[C@]3(C)CC[C@H]4[C@H](C)CC[C@@H]1[C@@]24OO3. The first-order valence-corrected chi connectivity index (χ1v) is 11.0. The Labute approximate surface area is 148 Å². The number of carbonyl (C=O) groups excluding carboxylic acids is 1. The van der Waals surface area contributed by atoms with E-state index in [-0.39, 0.29) is 23.3 Å². The van der Waals surface area contributed by atoms with Crippen LogP contribution in [0.4, 0.5) is 0 Å². The lowest BCUT2D eigenvalue weighted by molar-refractivity contribution is -0.559. The van der Waals surface area contributed by atoms with Crippen LogP contribution in [0.15, 0.2) is 0 Å². The van der Waals surface area contributed by atoms with Crippen molar-refractivity contribution in [1.29, 1.82) is 0 Å². The summed E-state index contributed by atoms with van der Waals surface area (Å²) in [5, 5.41) is 0. The first-order chi connectivity index (χ1) is 11.7. The second kappa shape index (κ2) is 5.65. The van der Waals surface area contributed by atoms with Crippen LogP contribution in [0.2, 0.25) is 0 Å². The largest absolute Gasteiger partial charge is 0.432 e. The van der Waals surface area contributed by atoms with E-state index < -0.39 is 39.4 Å². The lowest BCUT2D eigenvalue weighted by Gasteiger charge is -2.58. The molecule has 0 radical (unpaired) electrons. The Morgan fingerprint density at radius 1 is 1.16 bits per heavy atom. The molecule has 2 bridgehead atoms. The van der Waals surface area contributed by atoms with Crippen molar-refractivity contribution in [3.63, 3.8) is 0 Å². The van der Waals surface area contributed by atoms with Gasteiger partial charge in [0.2, 0.25) is 12.1 Å². The smallest absolute Gasteiger partial charge is 0.312 e. The summed E-state index contributed by atoms with van der Waals surface area (Å²) in [5.41, 5.74) is -0.907. The summed E-state index contributed by atoms with van der Waals surface area (Å²) in [4.78, 5) is 24.2. The molecule has 4 aliphatic heterocycles. The van der Waals surface area contributed by atoms with Gasteiger partial charge in [0.25, 0.3) is 0 Å². The van der Waals surface area contributed by atoms with Gasteiger partial charge < -0.3 is 9.47 Å². The van der Waals surface area contributed by atoms with E-state index in [0.29, 0.717) is 18.8 Å². The van der Waals surface area contributed by atoms with Gasteiger partial charge in [-0.3, -0.25) is 4.79 Å². The average molecular weight is 374 g/mol. The Kier molecular flexibility index (Phi) is 4.00. The molecule has 0 aromatic rings. The Morgan fingerprint density at radius 2 is 1.92 bits per heavy atom. The monoisotopic (exact) mass is 374 g/mol. The lowest BCUT2D eigenvalue weighted by Crippen LogP contribution is -2.70. The molecule has 7 nitrogen and oxygen atoms in total. The molecular formula is C17H26O7S. The Bertz CT molecular complexity index is 676. The van der Waals surface area contributed by atoms with Gasteiger partial charge in [0.05, 0.1) is 11.7 Å². The zero-order valence-corrected chi connectivity index (χ0v) is 15.7. The zero-order chi connectivity index (χ0) is 18.0. The maximum absolute atomic E-state index is 12.7. The van der Waals surface area contributed by atoms with Crippen LogP contribution in [0.1, 0.15) is 46.5 Å². The van der Waals surface area contributed by atoms with Gasteiger partial charge in [-0.25, -0.2) is 18.2 Å². The van der Waals surface area contributed by atoms with Gasteiger partial charge in [-0.05, 0) is 32.1 Å². The third-order valence-electron chi connectivity index (χ3n) is 6.66.